The van der Waals surface area contributed by atoms with E-state index in [0.717, 1.165) is 6.04 Å². The van der Waals surface area contributed by atoms with Gasteiger partial charge in [-0.1, -0.05) is 18.2 Å². The highest BCUT2D eigenvalue weighted by molar-refractivity contribution is 5.82. The third-order valence-corrected chi connectivity index (χ3v) is 4.07. The van der Waals surface area contributed by atoms with E-state index in [0.29, 0.717) is 0 Å². The van der Waals surface area contributed by atoms with Gasteiger partial charge in [0.25, 0.3) is 0 Å². The zero-order valence-corrected chi connectivity index (χ0v) is 10.9. The molecule has 1 fully saturated rings. The maximum absolute atomic E-state index is 3.36. The Morgan fingerprint density at radius 1 is 1.22 bits per heavy atom. The predicted molar refractivity (Wildman–Crippen MR) is 73.5 cm³/mol. The topological polar surface area (TPSA) is 49.0 Å². The number of aromatic amines is 1. The van der Waals surface area contributed by atoms with E-state index >= 15 is 0 Å². The third kappa shape index (κ3) is 2.57. The second-order valence-corrected chi connectivity index (χ2v) is 5.34. The van der Waals surface area contributed by atoms with Crippen molar-refractivity contribution in [2.75, 3.05) is 19.6 Å². The molecule has 0 amide bonds. The van der Waals surface area contributed by atoms with Crippen LogP contribution in [0.5, 0.6) is 0 Å². The van der Waals surface area contributed by atoms with Crippen LogP contribution < -0.4 is 10.6 Å². The number of piperidine rings is 1. The number of nitrogens with two attached hydrogens (primary N) is 2. The molecule has 1 saturated heterocycles. The van der Waals surface area contributed by atoms with Gasteiger partial charge in [0.15, 0.2) is 0 Å². The number of benzene rings is 1. The second kappa shape index (κ2) is 5.55. The summed E-state index contributed by atoms with van der Waals surface area (Å²) in [5.74, 6) is 0. The standard InChI is InChI=1S/C15H21N3/c1-2-4-15-14(3-1)12(11-18-15)5-10-17-13-6-8-16-9-7-13/h1-4,11,13,16-18H,5-10H2/p+2. The summed E-state index contributed by atoms with van der Waals surface area (Å²) in [7, 11) is 0. The molecule has 3 nitrogen and oxygen atoms in total. The van der Waals surface area contributed by atoms with Gasteiger partial charge in [-0.2, -0.15) is 0 Å². The normalized spacial score (nSPS) is 17.3. The van der Waals surface area contributed by atoms with Crippen LogP contribution in [0.4, 0.5) is 0 Å². The smallest absolute Gasteiger partial charge is 0.0967 e. The Kier molecular flexibility index (Phi) is 3.62. The average Bonchev–Trinajstić information content (AvgIpc) is 2.84. The number of hydrogen-bond acceptors (Lipinski definition) is 0. The summed E-state index contributed by atoms with van der Waals surface area (Å²) in [6.07, 6.45) is 6.08. The molecule has 1 aromatic heterocycles. The van der Waals surface area contributed by atoms with E-state index in [1.165, 1.54) is 55.4 Å². The van der Waals surface area contributed by atoms with Gasteiger partial charge < -0.3 is 15.6 Å². The molecule has 96 valence electrons. The minimum Gasteiger partial charge on any atom is -0.361 e. The number of quaternary nitrogens is 2. The van der Waals surface area contributed by atoms with Crippen LogP contribution in [0.15, 0.2) is 30.5 Å². The molecule has 0 aliphatic carbocycles. The molecule has 2 aromatic rings. The van der Waals surface area contributed by atoms with Gasteiger partial charge in [0.1, 0.15) is 0 Å². The van der Waals surface area contributed by atoms with E-state index in [1.54, 1.807) is 0 Å². The fraction of sp³-hybridized carbons (Fsp3) is 0.467. The van der Waals surface area contributed by atoms with Crippen LogP contribution >= 0.6 is 0 Å². The zero-order chi connectivity index (χ0) is 12.2. The van der Waals surface area contributed by atoms with Gasteiger partial charge in [0.2, 0.25) is 0 Å². The Labute approximate surface area is 108 Å². The van der Waals surface area contributed by atoms with Crippen molar-refractivity contribution in [1.82, 2.24) is 4.98 Å². The molecule has 0 saturated carbocycles. The lowest BCUT2D eigenvalue weighted by Gasteiger charge is -2.18. The van der Waals surface area contributed by atoms with Crippen LogP contribution in [0.2, 0.25) is 0 Å². The molecular weight excluding hydrogens is 222 g/mol. The third-order valence-electron chi connectivity index (χ3n) is 4.07. The second-order valence-electron chi connectivity index (χ2n) is 5.34. The number of hydrogen-bond donors (Lipinski definition) is 3. The summed E-state index contributed by atoms with van der Waals surface area (Å²) < 4.78 is 0. The Morgan fingerprint density at radius 3 is 2.94 bits per heavy atom. The predicted octanol–water partition coefficient (Wildman–Crippen LogP) is -0.000400. The van der Waals surface area contributed by atoms with Gasteiger partial charge in [-0.15, -0.1) is 0 Å². The van der Waals surface area contributed by atoms with Gasteiger partial charge in [0.05, 0.1) is 25.7 Å². The van der Waals surface area contributed by atoms with Gasteiger partial charge >= 0.3 is 0 Å². The summed E-state index contributed by atoms with van der Waals surface area (Å²) in [6, 6.07) is 9.45. The number of rotatable bonds is 4. The van der Waals surface area contributed by atoms with Crippen LogP contribution in [-0.2, 0) is 6.42 Å². The minimum absolute atomic E-state index is 0.861. The molecule has 1 aliphatic heterocycles. The molecule has 0 spiro atoms. The molecule has 3 heteroatoms. The fourth-order valence-corrected chi connectivity index (χ4v) is 3.00. The largest absolute Gasteiger partial charge is 0.361 e. The molecule has 3 rings (SSSR count). The van der Waals surface area contributed by atoms with Crippen LogP contribution in [0.25, 0.3) is 10.9 Å². The van der Waals surface area contributed by atoms with E-state index in [2.05, 4.69) is 46.1 Å². The zero-order valence-electron chi connectivity index (χ0n) is 10.9. The Bertz CT molecular complexity index is 497. The van der Waals surface area contributed by atoms with Crippen molar-refractivity contribution < 1.29 is 10.6 Å². The summed E-state index contributed by atoms with van der Waals surface area (Å²) in [5, 5.41) is 6.38. The molecule has 1 aromatic carbocycles. The maximum Gasteiger partial charge on any atom is 0.0967 e. The Morgan fingerprint density at radius 2 is 2.06 bits per heavy atom. The average molecular weight is 245 g/mol. The Hall–Kier alpha value is -1.32. The lowest BCUT2D eigenvalue weighted by molar-refractivity contribution is -0.731. The number of H-pyrrole nitrogens is 1. The van der Waals surface area contributed by atoms with E-state index < -0.39 is 0 Å². The van der Waals surface area contributed by atoms with E-state index in [-0.39, 0.29) is 0 Å². The molecule has 18 heavy (non-hydrogen) atoms. The molecule has 0 radical (unpaired) electrons. The van der Waals surface area contributed by atoms with Crippen LogP contribution in [0.1, 0.15) is 18.4 Å². The molecule has 0 unspecified atom stereocenters. The lowest BCUT2D eigenvalue weighted by Crippen LogP contribution is -2.97. The highest BCUT2D eigenvalue weighted by Gasteiger charge is 2.17. The summed E-state index contributed by atoms with van der Waals surface area (Å²) in [6.45, 7) is 3.84. The van der Waals surface area contributed by atoms with Crippen molar-refractivity contribution in [2.24, 2.45) is 0 Å². The molecule has 1 aliphatic rings. The molecular formula is C15H23N3+2. The first-order valence-electron chi connectivity index (χ1n) is 7.13. The van der Waals surface area contributed by atoms with Crippen molar-refractivity contribution in [3.05, 3.63) is 36.0 Å². The molecule has 0 atom stereocenters. The summed E-state index contributed by atoms with van der Waals surface area (Å²) in [5.41, 5.74) is 2.73. The number of aromatic nitrogens is 1. The minimum atomic E-state index is 0.861. The lowest BCUT2D eigenvalue weighted by atomic mass is 10.1. The molecule has 0 bridgehead atoms. The van der Waals surface area contributed by atoms with Gasteiger partial charge in [-0.25, -0.2) is 0 Å². The first-order valence-corrected chi connectivity index (χ1v) is 7.13. The van der Waals surface area contributed by atoms with Crippen molar-refractivity contribution in [3.8, 4) is 0 Å². The van der Waals surface area contributed by atoms with Gasteiger partial charge in [0, 0.05) is 36.4 Å². The quantitative estimate of drug-likeness (QED) is 0.679. The fourth-order valence-electron chi connectivity index (χ4n) is 3.00. The van der Waals surface area contributed by atoms with E-state index in [1.807, 2.05) is 0 Å². The van der Waals surface area contributed by atoms with Crippen molar-refractivity contribution in [1.29, 1.82) is 0 Å². The van der Waals surface area contributed by atoms with E-state index in [9.17, 15) is 0 Å². The van der Waals surface area contributed by atoms with Crippen molar-refractivity contribution >= 4 is 10.9 Å². The van der Waals surface area contributed by atoms with E-state index in [4.69, 9.17) is 0 Å². The summed E-state index contributed by atoms with van der Waals surface area (Å²) >= 11 is 0. The molecule has 2 heterocycles. The first-order chi connectivity index (χ1) is 8.93. The van der Waals surface area contributed by atoms with Gasteiger partial charge in [-0.05, 0) is 11.6 Å². The van der Waals surface area contributed by atoms with Crippen LogP contribution in [0, 0.1) is 0 Å². The molecule has 5 N–H and O–H groups in total. The van der Waals surface area contributed by atoms with Gasteiger partial charge in [-0.3, -0.25) is 0 Å². The number of para-hydroxylation sites is 1. The first kappa shape index (κ1) is 11.8. The number of nitrogens with one attached hydrogen (secondary N) is 1. The monoisotopic (exact) mass is 245 g/mol. The van der Waals surface area contributed by atoms with Crippen LogP contribution in [-0.4, -0.2) is 30.7 Å². The maximum atomic E-state index is 3.36. The number of fused-ring (bicyclic) bond motifs is 1. The van der Waals surface area contributed by atoms with Crippen LogP contribution in [0.3, 0.4) is 0 Å². The Balaban J connectivity index is 1.56. The highest BCUT2D eigenvalue weighted by atomic mass is 15.0. The summed E-state index contributed by atoms with van der Waals surface area (Å²) in [4.78, 5) is 3.36. The SMILES string of the molecule is c1ccc2c(CC[NH2+]C3CC[NH2+]CC3)c[nH]c2c1. The van der Waals surface area contributed by atoms with Crippen molar-refractivity contribution in [3.63, 3.8) is 0 Å². The van der Waals surface area contributed by atoms with Crippen molar-refractivity contribution in [2.45, 2.75) is 25.3 Å². The highest BCUT2D eigenvalue weighted by Crippen LogP contribution is 2.17.